The molecule has 0 aliphatic rings. The second kappa shape index (κ2) is 86.9. The monoisotopic (exact) mass is 1320 g/mol. The first kappa shape index (κ1) is 93.7. The van der Waals surface area contributed by atoms with Crippen LogP contribution in [-0.4, -0.2) is 0 Å². The van der Waals surface area contributed by atoms with Gasteiger partial charge in [0.15, 0.2) is 0 Å². The molecular formula is C95H182. The molecule has 0 rings (SSSR count). The molecule has 0 nitrogen and oxygen atoms in total. The molecule has 0 bridgehead atoms. The highest BCUT2D eigenvalue weighted by Gasteiger charge is 2.13. The van der Waals surface area contributed by atoms with Crippen molar-refractivity contribution in [1.82, 2.24) is 0 Å². The van der Waals surface area contributed by atoms with Gasteiger partial charge < -0.3 is 0 Å². The molecule has 0 radical (unpaired) electrons. The van der Waals surface area contributed by atoms with Crippen LogP contribution in [-0.2, 0) is 0 Å². The van der Waals surface area contributed by atoms with Crippen molar-refractivity contribution in [3.05, 3.63) is 59.8 Å². The Hall–Kier alpha value is -1.30. The third-order valence-corrected chi connectivity index (χ3v) is 21.8. The summed E-state index contributed by atoms with van der Waals surface area (Å²) < 4.78 is 0. The van der Waals surface area contributed by atoms with Gasteiger partial charge in [-0.25, -0.2) is 0 Å². The zero-order valence-electron chi connectivity index (χ0n) is 67.1. The molecular weight excluding hydrogens is 1140 g/mol. The molecule has 0 aliphatic carbocycles. The normalized spacial score (nSPS) is 12.8. The largest absolute Gasteiger partial charge is 0.0879 e. The molecule has 0 aromatic carbocycles. The van der Waals surface area contributed by atoms with Gasteiger partial charge in [-0.15, -0.1) is 0 Å². The van der Waals surface area contributed by atoms with Crippen molar-refractivity contribution in [2.75, 3.05) is 0 Å². The van der Waals surface area contributed by atoms with Crippen LogP contribution < -0.4 is 0 Å². The van der Waals surface area contributed by atoms with Crippen LogP contribution in [0.1, 0.15) is 542 Å². The minimum atomic E-state index is 0.502. The van der Waals surface area contributed by atoms with Crippen LogP contribution in [0.5, 0.6) is 0 Å². The molecule has 1 atom stereocenters. The molecule has 0 aliphatic heterocycles. The van der Waals surface area contributed by atoms with Crippen LogP contribution in [0.2, 0.25) is 0 Å². The van der Waals surface area contributed by atoms with Crippen molar-refractivity contribution in [3.8, 4) is 0 Å². The summed E-state index contributed by atoms with van der Waals surface area (Å²) in [5.74, 6) is 0.502. The van der Waals surface area contributed by atoms with E-state index < -0.39 is 0 Å². The van der Waals surface area contributed by atoms with Crippen molar-refractivity contribution < 1.29 is 0 Å². The maximum atomic E-state index is 2.74. The highest BCUT2D eigenvalue weighted by molar-refractivity contribution is 5.43. The Labute approximate surface area is 604 Å². The average molecular weight is 1320 g/mol. The lowest BCUT2D eigenvalue weighted by atomic mass is 9.87. The third kappa shape index (κ3) is 78.3. The van der Waals surface area contributed by atoms with Gasteiger partial charge in [-0.1, -0.05) is 533 Å². The first-order valence-corrected chi connectivity index (χ1v) is 45.6. The Kier molecular flexibility index (Phi) is 85.7. The maximum absolute atomic E-state index is 2.74. The molecule has 0 fully saturated rings. The van der Waals surface area contributed by atoms with Crippen LogP contribution in [0, 0.1) is 5.92 Å². The molecule has 1 unspecified atom stereocenters. The maximum Gasteiger partial charge on any atom is 0.00237 e. The SMILES string of the molecule is CCCCCCCCCCCCCCCC=CC(CCCCCCCCCCCCCCCCCC)C(C=CCCCCCCCCCCCCCCCC)=C(C=CCCCCCCCCCCCCCCCCC)C=CCCCCCCCCCCCCCCCCCC. The van der Waals surface area contributed by atoms with E-state index in [-0.39, 0.29) is 0 Å². The summed E-state index contributed by atoms with van der Waals surface area (Å²) in [6.45, 7) is 11.7. The minimum absolute atomic E-state index is 0.502. The van der Waals surface area contributed by atoms with Gasteiger partial charge in [-0.05, 0) is 68.9 Å². The fraction of sp³-hybridized carbons (Fsp3) is 0.895. The highest BCUT2D eigenvalue weighted by atomic mass is 14.2. The van der Waals surface area contributed by atoms with Gasteiger partial charge in [0.05, 0.1) is 0 Å². The zero-order valence-corrected chi connectivity index (χ0v) is 67.1. The van der Waals surface area contributed by atoms with Crippen molar-refractivity contribution in [2.24, 2.45) is 5.92 Å². The summed E-state index contributed by atoms with van der Waals surface area (Å²) in [5, 5.41) is 0. The number of hydrogen-bond acceptors (Lipinski definition) is 0. The standard InChI is InChI=1S/C95H182/c1-6-11-16-21-26-31-36-41-46-50-52-56-61-66-71-76-81-86-91-94(90-85-80-75-70-65-60-55-51-47-42-37-32-27-22-17-12-7-2)95(92-87-82-77-72-67-62-57-49-44-39-34-29-24-19-14-9-4)93(88-83-78-73-68-63-58-53-45-40-35-30-25-20-15-10-5)89-84-79-74-69-64-59-54-48-43-38-33-28-23-18-13-8-3/h83,85-88,90-93H,6-82,84,89H2,1-5H3. The van der Waals surface area contributed by atoms with E-state index in [4.69, 9.17) is 0 Å². The first-order chi connectivity index (χ1) is 47.2. The van der Waals surface area contributed by atoms with Gasteiger partial charge in [0.1, 0.15) is 0 Å². The summed E-state index contributed by atoms with van der Waals surface area (Å²) in [6, 6.07) is 0. The van der Waals surface area contributed by atoms with E-state index in [1.807, 2.05) is 0 Å². The summed E-state index contributed by atoms with van der Waals surface area (Å²) in [4.78, 5) is 0. The predicted octanol–water partition coefficient (Wildman–Crippen LogP) is 36.0. The summed E-state index contributed by atoms with van der Waals surface area (Å²) in [7, 11) is 0. The van der Waals surface area contributed by atoms with E-state index in [1.165, 1.54) is 513 Å². The molecule has 95 heavy (non-hydrogen) atoms. The Morgan fingerprint density at radius 1 is 0.168 bits per heavy atom. The van der Waals surface area contributed by atoms with Crippen LogP contribution in [0.4, 0.5) is 0 Å². The molecule has 0 saturated carbocycles. The van der Waals surface area contributed by atoms with Crippen molar-refractivity contribution in [2.45, 2.75) is 542 Å². The molecule has 0 heterocycles. The van der Waals surface area contributed by atoms with E-state index in [0.29, 0.717) is 5.92 Å². The Balaban J connectivity index is 6.20. The van der Waals surface area contributed by atoms with E-state index in [9.17, 15) is 0 Å². The summed E-state index contributed by atoms with van der Waals surface area (Å²) in [6.07, 6.45) is 134. The van der Waals surface area contributed by atoms with E-state index in [0.717, 1.165) is 0 Å². The predicted molar refractivity (Wildman–Crippen MR) is 440 cm³/mol. The van der Waals surface area contributed by atoms with Gasteiger partial charge in [0.2, 0.25) is 0 Å². The first-order valence-electron chi connectivity index (χ1n) is 45.6. The van der Waals surface area contributed by atoms with Crippen molar-refractivity contribution in [3.63, 3.8) is 0 Å². The Morgan fingerprint density at radius 3 is 0.526 bits per heavy atom. The van der Waals surface area contributed by atoms with Crippen molar-refractivity contribution in [1.29, 1.82) is 0 Å². The van der Waals surface area contributed by atoms with Gasteiger partial charge in [-0.3, -0.25) is 0 Å². The van der Waals surface area contributed by atoms with Crippen LogP contribution in [0.15, 0.2) is 59.8 Å². The molecule has 0 spiro atoms. The fourth-order valence-electron chi connectivity index (χ4n) is 15.0. The molecule has 562 valence electrons. The topological polar surface area (TPSA) is 0 Å². The smallest absolute Gasteiger partial charge is 0.00237 e. The van der Waals surface area contributed by atoms with Gasteiger partial charge in [0, 0.05) is 5.92 Å². The van der Waals surface area contributed by atoms with Gasteiger partial charge in [-0.2, -0.15) is 0 Å². The third-order valence-electron chi connectivity index (χ3n) is 21.8. The second-order valence-electron chi connectivity index (χ2n) is 31.5. The molecule has 0 aromatic rings. The number of rotatable bonds is 84. The summed E-state index contributed by atoms with van der Waals surface area (Å²) in [5.41, 5.74) is 3.17. The summed E-state index contributed by atoms with van der Waals surface area (Å²) >= 11 is 0. The zero-order chi connectivity index (χ0) is 68.3. The second-order valence-corrected chi connectivity index (χ2v) is 31.5. The number of hydrogen-bond donors (Lipinski definition) is 0. The van der Waals surface area contributed by atoms with E-state index in [2.05, 4.69) is 83.2 Å². The van der Waals surface area contributed by atoms with E-state index in [1.54, 1.807) is 5.57 Å². The highest BCUT2D eigenvalue weighted by Crippen LogP contribution is 2.29. The Morgan fingerprint density at radius 2 is 0.326 bits per heavy atom. The molecule has 0 saturated heterocycles. The van der Waals surface area contributed by atoms with Crippen LogP contribution in [0.3, 0.4) is 0 Å². The van der Waals surface area contributed by atoms with Crippen molar-refractivity contribution >= 4 is 0 Å². The van der Waals surface area contributed by atoms with Gasteiger partial charge in [0.25, 0.3) is 0 Å². The number of unbranched alkanes of at least 4 members (excludes halogenated alkanes) is 73. The molecule has 0 N–H and O–H groups in total. The van der Waals surface area contributed by atoms with Crippen LogP contribution in [0.25, 0.3) is 0 Å². The lowest BCUT2D eigenvalue weighted by Gasteiger charge is -2.18. The molecule has 0 amide bonds. The van der Waals surface area contributed by atoms with Gasteiger partial charge >= 0.3 is 0 Å². The number of allylic oxidation sites excluding steroid dienone is 10. The fourth-order valence-corrected chi connectivity index (χ4v) is 15.0. The Bertz CT molecular complexity index is 1520. The lowest BCUT2D eigenvalue weighted by Crippen LogP contribution is -2.03. The lowest BCUT2D eigenvalue weighted by molar-refractivity contribution is 0.520. The average Bonchev–Trinajstić information content (AvgIpc) is 1.21. The molecule has 0 heteroatoms. The van der Waals surface area contributed by atoms with Crippen LogP contribution >= 0.6 is 0 Å². The molecule has 0 aromatic heterocycles. The van der Waals surface area contributed by atoms with E-state index >= 15 is 0 Å². The minimum Gasteiger partial charge on any atom is -0.0879 e. The quantitative estimate of drug-likeness (QED) is 0.0323.